The summed E-state index contributed by atoms with van der Waals surface area (Å²) in [5.74, 6) is 0. The van der Waals surface area contributed by atoms with Gasteiger partial charge in [-0.25, -0.2) is 0 Å². The molecule has 1 rings (SSSR count). The fourth-order valence-electron chi connectivity index (χ4n) is 1.28. The molecule has 1 aliphatic carbocycles. The second-order valence-corrected chi connectivity index (χ2v) is 3.55. The van der Waals surface area contributed by atoms with Gasteiger partial charge < -0.3 is 10.2 Å². The summed E-state index contributed by atoms with van der Waals surface area (Å²) in [6, 6.07) is 0.0321. The van der Waals surface area contributed by atoms with E-state index in [-0.39, 0.29) is 6.04 Å². The van der Waals surface area contributed by atoms with Gasteiger partial charge in [0.25, 0.3) is 0 Å². The number of hydrogen-bond acceptors (Lipinski definition) is 3. The smallest absolute Gasteiger partial charge is 0.134 e. The van der Waals surface area contributed by atoms with Gasteiger partial charge in [-0.3, -0.25) is 5.32 Å². The largest absolute Gasteiger partial charge is 0.386 e. The average molecular weight is 171 g/mol. The Hall–Kier alpha value is -0.380. The fraction of sp³-hybridized carbons (Fsp3) is 0.778. The second-order valence-electron chi connectivity index (χ2n) is 3.55. The van der Waals surface area contributed by atoms with Crippen LogP contribution in [0.3, 0.4) is 0 Å². The monoisotopic (exact) mass is 171 g/mol. The molecule has 2 atom stereocenters. The Kier molecular flexibility index (Phi) is 2.88. The first kappa shape index (κ1) is 9.71. The lowest BCUT2D eigenvalue weighted by molar-refractivity contribution is -0.139. The molecule has 0 saturated heterocycles. The maximum atomic E-state index is 9.68. The van der Waals surface area contributed by atoms with Crippen LogP contribution < -0.4 is 5.32 Å². The summed E-state index contributed by atoms with van der Waals surface area (Å²) in [4.78, 5) is 0. The van der Waals surface area contributed by atoms with E-state index in [1.807, 2.05) is 6.92 Å². The fourth-order valence-corrected chi connectivity index (χ4v) is 1.28. The van der Waals surface area contributed by atoms with Crippen LogP contribution in [0.25, 0.3) is 0 Å². The van der Waals surface area contributed by atoms with E-state index in [1.54, 1.807) is 6.08 Å². The molecule has 3 N–H and O–H groups in total. The molecule has 3 nitrogen and oxygen atoms in total. The Labute approximate surface area is 73.1 Å². The zero-order valence-electron chi connectivity index (χ0n) is 7.45. The number of nitrogens with one attached hydrogen (secondary N) is 1. The van der Waals surface area contributed by atoms with Crippen molar-refractivity contribution in [3.8, 4) is 0 Å². The van der Waals surface area contributed by atoms with E-state index >= 15 is 0 Å². The number of aliphatic hydroxyl groups excluding tert-OH is 1. The third-order valence-electron chi connectivity index (χ3n) is 2.50. The molecule has 0 aliphatic heterocycles. The van der Waals surface area contributed by atoms with Crippen molar-refractivity contribution >= 4 is 0 Å². The first-order valence-electron chi connectivity index (χ1n) is 4.37. The highest BCUT2D eigenvalue weighted by Gasteiger charge is 2.41. The molecule has 0 heterocycles. The van der Waals surface area contributed by atoms with Crippen LogP contribution in [0, 0.1) is 0 Å². The molecule has 3 heteroatoms. The van der Waals surface area contributed by atoms with Gasteiger partial charge in [0.2, 0.25) is 0 Å². The van der Waals surface area contributed by atoms with Gasteiger partial charge in [-0.15, -0.1) is 6.58 Å². The number of aliphatic hydroxyl groups is 2. The zero-order valence-corrected chi connectivity index (χ0v) is 7.45. The van der Waals surface area contributed by atoms with Crippen molar-refractivity contribution in [2.75, 3.05) is 0 Å². The quantitative estimate of drug-likeness (QED) is 0.423. The van der Waals surface area contributed by atoms with Crippen LogP contribution in [0.5, 0.6) is 0 Å². The standard InChI is InChI=1S/C9H17NO2/c1-3-7(2)10-8(11)9(12)5-4-6-9/h3,7-8,10-12H,1,4-6H2,2H3/t7-,8?/m0/s1. The first-order chi connectivity index (χ1) is 5.58. The Bertz CT molecular complexity index is 166. The Morgan fingerprint density at radius 2 is 2.17 bits per heavy atom. The van der Waals surface area contributed by atoms with Crippen LogP contribution >= 0.6 is 0 Å². The molecule has 12 heavy (non-hydrogen) atoms. The van der Waals surface area contributed by atoms with Crippen molar-refractivity contribution in [1.82, 2.24) is 5.32 Å². The van der Waals surface area contributed by atoms with Gasteiger partial charge in [0, 0.05) is 6.04 Å². The summed E-state index contributed by atoms with van der Waals surface area (Å²) in [5, 5.41) is 22.1. The Balaban J connectivity index is 2.36. The third-order valence-corrected chi connectivity index (χ3v) is 2.50. The maximum absolute atomic E-state index is 9.68. The molecule has 1 aliphatic rings. The molecule has 0 radical (unpaired) electrons. The van der Waals surface area contributed by atoms with Crippen LogP contribution in [-0.2, 0) is 0 Å². The van der Waals surface area contributed by atoms with Crippen molar-refractivity contribution < 1.29 is 10.2 Å². The van der Waals surface area contributed by atoms with Crippen molar-refractivity contribution in [3.63, 3.8) is 0 Å². The minimum Gasteiger partial charge on any atom is -0.386 e. The molecule has 70 valence electrons. The summed E-state index contributed by atoms with van der Waals surface area (Å²) >= 11 is 0. The van der Waals surface area contributed by atoms with E-state index in [0.717, 1.165) is 6.42 Å². The van der Waals surface area contributed by atoms with Gasteiger partial charge in [0.15, 0.2) is 0 Å². The average Bonchev–Trinajstić information content (AvgIpc) is 1.99. The highest BCUT2D eigenvalue weighted by Crippen LogP contribution is 2.33. The predicted molar refractivity (Wildman–Crippen MR) is 47.6 cm³/mol. The lowest BCUT2D eigenvalue weighted by Crippen LogP contribution is -2.56. The molecule has 0 spiro atoms. The maximum Gasteiger partial charge on any atom is 0.134 e. The van der Waals surface area contributed by atoms with Gasteiger partial charge in [-0.2, -0.15) is 0 Å². The van der Waals surface area contributed by atoms with Gasteiger partial charge in [0.05, 0.1) is 0 Å². The molecular formula is C9H17NO2. The van der Waals surface area contributed by atoms with E-state index in [4.69, 9.17) is 0 Å². The Morgan fingerprint density at radius 1 is 1.58 bits per heavy atom. The van der Waals surface area contributed by atoms with Crippen molar-refractivity contribution in [2.24, 2.45) is 0 Å². The summed E-state index contributed by atoms with van der Waals surface area (Å²) in [6.07, 6.45) is 3.25. The number of hydrogen-bond donors (Lipinski definition) is 3. The Morgan fingerprint density at radius 3 is 2.50 bits per heavy atom. The molecule has 0 aromatic heterocycles. The highest BCUT2D eigenvalue weighted by molar-refractivity contribution is 4.95. The van der Waals surface area contributed by atoms with Crippen LogP contribution in [0.4, 0.5) is 0 Å². The van der Waals surface area contributed by atoms with E-state index in [2.05, 4.69) is 11.9 Å². The lowest BCUT2D eigenvalue weighted by Gasteiger charge is -2.41. The van der Waals surface area contributed by atoms with Gasteiger partial charge in [-0.1, -0.05) is 6.08 Å². The molecule has 0 bridgehead atoms. The van der Waals surface area contributed by atoms with Crippen LogP contribution in [0.2, 0.25) is 0 Å². The van der Waals surface area contributed by atoms with Crippen molar-refractivity contribution in [2.45, 2.75) is 44.1 Å². The van der Waals surface area contributed by atoms with E-state index < -0.39 is 11.8 Å². The first-order valence-corrected chi connectivity index (χ1v) is 4.37. The molecule has 0 aromatic carbocycles. The summed E-state index contributed by atoms with van der Waals surface area (Å²) in [7, 11) is 0. The van der Waals surface area contributed by atoms with Crippen LogP contribution in [0.15, 0.2) is 12.7 Å². The normalized spacial score (nSPS) is 25.6. The highest BCUT2D eigenvalue weighted by atomic mass is 16.4. The molecule has 0 aromatic rings. The van der Waals surface area contributed by atoms with Gasteiger partial charge >= 0.3 is 0 Å². The van der Waals surface area contributed by atoms with Crippen molar-refractivity contribution in [1.29, 1.82) is 0 Å². The lowest BCUT2D eigenvalue weighted by atomic mass is 9.78. The van der Waals surface area contributed by atoms with Gasteiger partial charge in [-0.05, 0) is 26.2 Å². The van der Waals surface area contributed by atoms with E-state index in [1.165, 1.54) is 0 Å². The topological polar surface area (TPSA) is 52.5 Å². The second kappa shape index (κ2) is 3.56. The third kappa shape index (κ3) is 1.86. The van der Waals surface area contributed by atoms with Crippen molar-refractivity contribution in [3.05, 3.63) is 12.7 Å². The molecule has 0 amide bonds. The van der Waals surface area contributed by atoms with E-state index in [9.17, 15) is 10.2 Å². The zero-order chi connectivity index (χ0) is 9.19. The summed E-state index contributed by atoms with van der Waals surface area (Å²) in [6.45, 7) is 5.47. The SMILES string of the molecule is C=C[C@H](C)NC(O)C1(O)CCC1. The van der Waals surface area contributed by atoms with E-state index in [0.29, 0.717) is 12.8 Å². The summed E-state index contributed by atoms with van der Waals surface area (Å²) < 4.78 is 0. The summed E-state index contributed by atoms with van der Waals surface area (Å²) in [5.41, 5.74) is -0.892. The number of rotatable bonds is 4. The minimum atomic E-state index is -0.892. The molecule has 1 fully saturated rings. The molecule has 1 unspecified atom stereocenters. The van der Waals surface area contributed by atoms with Gasteiger partial charge in [0.1, 0.15) is 11.8 Å². The van der Waals surface area contributed by atoms with Crippen LogP contribution in [-0.4, -0.2) is 28.1 Å². The minimum absolute atomic E-state index is 0.0321. The predicted octanol–water partition coefficient (Wildman–Crippen LogP) is 0.384. The van der Waals surface area contributed by atoms with Crippen LogP contribution in [0.1, 0.15) is 26.2 Å². The molecular weight excluding hydrogens is 154 g/mol. The molecule has 1 saturated carbocycles.